The van der Waals surface area contributed by atoms with Gasteiger partial charge in [0, 0.05) is 19.6 Å². The first kappa shape index (κ1) is 19.2. The Hall–Kier alpha value is -1.14. The Kier molecular flexibility index (Phi) is 7.99. The highest BCUT2D eigenvalue weighted by Gasteiger charge is 2.21. The van der Waals surface area contributed by atoms with Crippen molar-refractivity contribution in [3.63, 3.8) is 0 Å². The number of nitrogens with zero attached hydrogens (tertiary/aromatic N) is 2. The van der Waals surface area contributed by atoms with Gasteiger partial charge in [-0.05, 0) is 56.9 Å². The van der Waals surface area contributed by atoms with Crippen molar-refractivity contribution < 1.29 is 14.9 Å². The van der Waals surface area contributed by atoms with Gasteiger partial charge in [0.2, 0.25) is 0 Å². The van der Waals surface area contributed by atoms with Gasteiger partial charge in [-0.15, -0.1) is 0 Å². The number of likely N-dealkylation sites (tertiary alicyclic amines) is 1. The molecule has 1 aliphatic rings. The van der Waals surface area contributed by atoms with Crippen LogP contribution in [-0.4, -0.2) is 79.6 Å². The van der Waals surface area contributed by atoms with E-state index < -0.39 is 6.10 Å². The van der Waals surface area contributed by atoms with Crippen LogP contribution in [0.5, 0.6) is 5.75 Å². The zero-order valence-electron chi connectivity index (χ0n) is 15.0. The second-order valence-corrected chi connectivity index (χ2v) is 6.90. The number of aliphatic hydroxyl groups excluding tert-OH is 2. The van der Waals surface area contributed by atoms with E-state index in [1.54, 1.807) is 7.11 Å². The van der Waals surface area contributed by atoms with E-state index in [0.717, 1.165) is 38.3 Å². The van der Waals surface area contributed by atoms with Crippen LogP contribution >= 0.6 is 0 Å². The molecular formula is C19H32N2O3. The summed E-state index contributed by atoms with van der Waals surface area (Å²) in [5, 5.41) is 18.4. The van der Waals surface area contributed by atoms with Gasteiger partial charge in [0.05, 0.1) is 19.8 Å². The van der Waals surface area contributed by atoms with E-state index in [-0.39, 0.29) is 6.61 Å². The average molecular weight is 336 g/mol. The molecule has 0 saturated carbocycles. The summed E-state index contributed by atoms with van der Waals surface area (Å²) in [6.45, 7) is 4.73. The van der Waals surface area contributed by atoms with Crippen LogP contribution in [-0.2, 0) is 6.42 Å². The first-order valence-corrected chi connectivity index (χ1v) is 8.94. The molecule has 1 aromatic carbocycles. The van der Waals surface area contributed by atoms with Crippen LogP contribution in [0, 0.1) is 5.92 Å². The van der Waals surface area contributed by atoms with Crippen LogP contribution in [0.1, 0.15) is 18.4 Å². The summed E-state index contributed by atoms with van der Waals surface area (Å²) in [4.78, 5) is 4.67. The molecule has 0 amide bonds. The summed E-state index contributed by atoms with van der Waals surface area (Å²) in [6.07, 6.45) is 2.80. The van der Waals surface area contributed by atoms with E-state index in [1.165, 1.54) is 18.4 Å². The van der Waals surface area contributed by atoms with Crippen molar-refractivity contribution in [3.8, 4) is 5.75 Å². The second-order valence-electron chi connectivity index (χ2n) is 6.90. The molecule has 0 aliphatic carbocycles. The van der Waals surface area contributed by atoms with Crippen LogP contribution in [0.2, 0.25) is 0 Å². The van der Waals surface area contributed by atoms with E-state index in [4.69, 9.17) is 9.84 Å². The maximum Gasteiger partial charge on any atom is 0.122 e. The zero-order valence-corrected chi connectivity index (χ0v) is 15.0. The first-order valence-electron chi connectivity index (χ1n) is 8.94. The third-order valence-electron chi connectivity index (χ3n) is 4.90. The lowest BCUT2D eigenvalue weighted by Crippen LogP contribution is -2.40. The van der Waals surface area contributed by atoms with Crippen LogP contribution in [0.4, 0.5) is 0 Å². The number of aliphatic hydroxyl groups is 2. The van der Waals surface area contributed by atoms with Gasteiger partial charge in [-0.25, -0.2) is 0 Å². The molecular weight excluding hydrogens is 304 g/mol. The van der Waals surface area contributed by atoms with Gasteiger partial charge in [0.25, 0.3) is 0 Å². The van der Waals surface area contributed by atoms with Crippen molar-refractivity contribution >= 4 is 0 Å². The maximum absolute atomic E-state index is 9.51. The number of methoxy groups -OCH3 is 1. The highest BCUT2D eigenvalue weighted by Crippen LogP contribution is 2.21. The van der Waals surface area contributed by atoms with Crippen molar-refractivity contribution in [1.29, 1.82) is 0 Å². The lowest BCUT2D eigenvalue weighted by molar-refractivity contribution is 0.0576. The fourth-order valence-electron chi connectivity index (χ4n) is 3.51. The molecule has 1 atom stereocenters. The third kappa shape index (κ3) is 6.06. The lowest BCUT2D eigenvalue weighted by atomic mass is 9.96. The Morgan fingerprint density at radius 3 is 2.67 bits per heavy atom. The number of hydrogen-bond donors (Lipinski definition) is 2. The topological polar surface area (TPSA) is 56.2 Å². The van der Waals surface area contributed by atoms with Crippen molar-refractivity contribution in [2.24, 2.45) is 5.92 Å². The predicted octanol–water partition coefficient (Wildman–Crippen LogP) is 1.23. The summed E-state index contributed by atoms with van der Waals surface area (Å²) in [5.74, 6) is 1.67. The SMILES string of the molecule is COc1ccccc1CCN1CCC(CN(C)CC(O)CO)CC1. The third-order valence-corrected chi connectivity index (χ3v) is 4.90. The number of likely N-dealkylation sites (N-methyl/N-ethyl adjacent to an activating group) is 1. The first-order chi connectivity index (χ1) is 11.6. The van der Waals surface area contributed by atoms with Gasteiger partial charge >= 0.3 is 0 Å². The van der Waals surface area contributed by atoms with E-state index in [2.05, 4.69) is 21.9 Å². The molecule has 24 heavy (non-hydrogen) atoms. The molecule has 0 aromatic heterocycles. The minimum absolute atomic E-state index is 0.161. The number of ether oxygens (including phenoxy) is 1. The normalized spacial score (nSPS) is 18.0. The minimum Gasteiger partial charge on any atom is -0.496 e. The van der Waals surface area contributed by atoms with Gasteiger partial charge < -0.3 is 24.7 Å². The lowest BCUT2D eigenvalue weighted by Gasteiger charge is -2.34. The fourth-order valence-corrected chi connectivity index (χ4v) is 3.51. The van der Waals surface area contributed by atoms with E-state index in [1.807, 2.05) is 19.2 Å². The van der Waals surface area contributed by atoms with E-state index in [9.17, 15) is 5.11 Å². The maximum atomic E-state index is 9.51. The highest BCUT2D eigenvalue weighted by atomic mass is 16.5. The molecule has 1 unspecified atom stereocenters. The smallest absolute Gasteiger partial charge is 0.122 e. The summed E-state index contributed by atoms with van der Waals surface area (Å²) >= 11 is 0. The highest BCUT2D eigenvalue weighted by molar-refractivity contribution is 5.33. The standard InChI is InChI=1S/C19H32N2O3/c1-20(14-18(23)15-22)13-16-7-10-21(11-8-16)12-9-17-5-3-4-6-19(17)24-2/h3-6,16,18,22-23H,7-15H2,1-2H3. The molecule has 1 fully saturated rings. The Morgan fingerprint density at radius 2 is 2.00 bits per heavy atom. The largest absolute Gasteiger partial charge is 0.496 e. The molecule has 5 nitrogen and oxygen atoms in total. The van der Waals surface area contributed by atoms with Crippen molar-refractivity contribution in [3.05, 3.63) is 29.8 Å². The zero-order chi connectivity index (χ0) is 17.4. The number of benzene rings is 1. The molecule has 2 N–H and O–H groups in total. The van der Waals surface area contributed by atoms with Gasteiger partial charge in [-0.2, -0.15) is 0 Å². The molecule has 0 bridgehead atoms. The average Bonchev–Trinajstić information content (AvgIpc) is 2.61. The molecule has 0 radical (unpaired) electrons. The van der Waals surface area contributed by atoms with Crippen LogP contribution in [0.15, 0.2) is 24.3 Å². The molecule has 0 spiro atoms. The molecule has 1 saturated heterocycles. The van der Waals surface area contributed by atoms with Crippen molar-refractivity contribution in [2.45, 2.75) is 25.4 Å². The minimum atomic E-state index is -0.629. The fraction of sp³-hybridized carbons (Fsp3) is 0.684. The van der Waals surface area contributed by atoms with E-state index in [0.29, 0.717) is 12.5 Å². The molecule has 2 rings (SSSR count). The van der Waals surface area contributed by atoms with Crippen LogP contribution < -0.4 is 4.74 Å². The Balaban J connectivity index is 1.69. The molecule has 1 aliphatic heterocycles. The summed E-state index contributed by atoms with van der Waals surface area (Å²) in [5.41, 5.74) is 1.28. The molecule has 136 valence electrons. The summed E-state index contributed by atoms with van der Waals surface area (Å²) in [7, 11) is 3.75. The van der Waals surface area contributed by atoms with Gasteiger partial charge in [0.15, 0.2) is 0 Å². The molecule has 1 aromatic rings. The monoisotopic (exact) mass is 336 g/mol. The van der Waals surface area contributed by atoms with Gasteiger partial charge in [0.1, 0.15) is 5.75 Å². The molecule has 1 heterocycles. The van der Waals surface area contributed by atoms with Crippen molar-refractivity contribution in [1.82, 2.24) is 9.80 Å². The van der Waals surface area contributed by atoms with Crippen molar-refractivity contribution in [2.75, 3.05) is 53.5 Å². The van der Waals surface area contributed by atoms with Gasteiger partial charge in [-0.1, -0.05) is 18.2 Å². The number of rotatable bonds is 9. The van der Waals surface area contributed by atoms with E-state index >= 15 is 0 Å². The predicted molar refractivity (Wildman–Crippen MR) is 96.5 cm³/mol. The number of hydrogen-bond acceptors (Lipinski definition) is 5. The second kappa shape index (κ2) is 9.99. The summed E-state index contributed by atoms with van der Waals surface area (Å²) < 4.78 is 5.42. The summed E-state index contributed by atoms with van der Waals surface area (Å²) in [6, 6.07) is 8.25. The Labute approximate surface area is 145 Å². The molecule has 5 heteroatoms. The number of piperidine rings is 1. The van der Waals surface area contributed by atoms with Crippen LogP contribution in [0.25, 0.3) is 0 Å². The van der Waals surface area contributed by atoms with Gasteiger partial charge in [-0.3, -0.25) is 0 Å². The number of para-hydroxylation sites is 1. The quantitative estimate of drug-likeness (QED) is 0.710. The Bertz CT molecular complexity index is 475. The Morgan fingerprint density at radius 1 is 1.29 bits per heavy atom. The van der Waals surface area contributed by atoms with Crippen LogP contribution in [0.3, 0.4) is 0 Å².